The Morgan fingerprint density at radius 1 is 1.13 bits per heavy atom. The topological polar surface area (TPSA) is 97.4 Å². The van der Waals surface area contributed by atoms with Crippen molar-refractivity contribution in [1.29, 1.82) is 0 Å². The van der Waals surface area contributed by atoms with Crippen LogP contribution in [0.25, 0.3) is 0 Å². The number of ether oxygens (including phenoxy) is 1. The van der Waals surface area contributed by atoms with Crippen molar-refractivity contribution in [2.24, 2.45) is 0 Å². The first-order valence-electron chi connectivity index (χ1n) is 8.94. The second kappa shape index (κ2) is 9.15. The number of hydrogen-bond donors (Lipinski definition) is 2. The van der Waals surface area contributed by atoms with Gasteiger partial charge in [0.05, 0.1) is 30.8 Å². The summed E-state index contributed by atoms with van der Waals surface area (Å²) in [4.78, 5) is 16.5. The molecule has 2 N–H and O–H groups in total. The molecule has 0 saturated carbocycles. The van der Waals surface area contributed by atoms with E-state index in [1.807, 2.05) is 13.0 Å². The lowest BCUT2D eigenvalue weighted by atomic mass is 10.1. The minimum absolute atomic E-state index is 0.0347. The lowest BCUT2D eigenvalue weighted by molar-refractivity contribution is 0.0947. The molecular weight excluding hydrogens is 426 g/mol. The Balaban J connectivity index is 1.82. The van der Waals surface area contributed by atoms with E-state index in [9.17, 15) is 13.2 Å². The van der Waals surface area contributed by atoms with Gasteiger partial charge in [0.1, 0.15) is 10.6 Å². The SMILES string of the molecule is COc1cncc(NS(=O)(=O)c2ccccc2C(=O)NCc2ccc(Cl)cc2C)c1. The number of benzene rings is 2. The van der Waals surface area contributed by atoms with Gasteiger partial charge in [-0.15, -0.1) is 0 Å². The van der Waals surface area contributed by atoms with Crippen molar-refractivity contribution >= 4 is 33.2 Å². The van der Waals surface area contributed by atoms with Crippen molar-refractivity contribution in [3.8, 4) is 5.75 Å². The summed E-state index contributed by atoms with van der Waals surface area (Å²) >= 11 is 5.96. The molecule has 156 valence electrons. The van der Waals surface area contributed by atoms with Crippen LogP contribution in [-0.4, -0.2) is 26.4 Å². The molecule has 1 amide bonds. The Kier molecular flexibility index (Phi) is 6.59. The van der Waals surface area contributed by atoms with Crippen LogP contribution in [0.2, 0.25) is 5.02 Å². The van der Waals surface area contributed by atoms with E-state index in [1.165, 1.54) is 37.7 Å². The molecular formula is C21H20ClN3O4S. The predicted octanol–water partition coefficient (Wildman–Crippen LogP) is 3.78. The molecule has 0 spiro atoms. The molecule has 0 atom stereocenters. The average molecular weight is 446 g/mol. The number of aromatic nitrogens is 1. The van der Waals surface area contributed by atoms with Gasteiger partial charge in [0.25, 0.3) is 15.9 Å². The highest BCUT2D eigenvalue weighted by atomic mass is 35.5. The Morgan fingerprint density at radius 2 is 1.90 bits per heavy atom. The van der Waals surface area contributed by atoms with Crippen molar-refractivity contribution in [3.05, 3.63) is 82.6 Å². The molecule has 0 fully saturated rings. The number of amides is 1. The first-order valence-corrected chi connectivity index (χ1v) is 10.8. The lowest BCUT2D eigenvalue weighted by Crippen LogP contribution is -2.26. The second-order valence-electron chi connectivity index (χ2n) is 6.47. The minimum Gasteiger partial charge on any atom is -0.495 e. The van der Waals surface area contributed by atoms with Crippen LogP contribution in [0, 0.1) is 6.92 Å². The molecule has 0 bridgehead atoms. The molecule has 3 rings (SSSR count). The Hall–Kier alpha value is -3.10. The molecule has 1 heterocycles. The van der Waals surface area contributed by atoms with E-state index in [1.54, 1.807) is 24.3 Å². The summed E-state index contributed by atoms with van der Waals surface area (Å²) in [7, 11) is -2.58. The summed E-state index contributed by atoms with van der Waals surface area (Å²) in [6.45, 7) is 2.13. The van der Waals surface area contributed by atoms with Crippen LogP contribution in [0.5, 0.6) is 5.75 Å². The third-order valence-corrected chi connectivity index (χ3v) is 6.04. The molecule has 0 saturated heterocycles. The monoisotopic (exact) mass is 445 g/mol. The zero-order chi connectivity index (χ0) is 21.7. The van der Waals surface area contributed by atoms with Gasteiger partial charge in [0.2, 0.25) is 0 Å². The van der Waals surface area contributed by atoms with E-state index in [-0.39, 0.29) is 22.7 Å². The number of methoxy groups -OCH3 is 1. The first-order chi connectivity index (χ1) is 14.3. The molecule has 0 aliphatic heterocycles. The quantitative estimate of drug-likeness (QED) is 0.576. The Labute approximate surface area is 180 Å². The van der Waals surface area contributed by atoms with Crippen LogP contribution in [0.4, 0.5) is 5.69 Å². The fraction of sp³-hybridized carbons (Fsp3) is 0.143. The van der Waals surface area contributed by atoms with Gasteiger partial charge in [-0.3, -0.25) is 14.5 Å². The van der Waals surface area contributed by atoms with Crippen LogP contribution in [0.3, 0.4) is 0 Å². The standard InChI is InChI=1S/C21H20ClN3O4S/c1-14-9-16(22)8-7-15(14)11-24-21(26)19-5-3-4-6-20(19)30(27,28)25-17-10-18(29-2)13-23-12-17/h3-10,12-13,25H,11H2,1-2H3,(H,24,26). The third-order valence-electron chi connectivity index (χ3n) is 4.37. The number of anilines is 1. The number of nitrogens with one attached hydrogen (secondary N) is 2. The number of carbonyl (C=O) groups excluding carboxylic acids is 1. The fourth-order valence-corrected chi connectivity index (χ4v) is 4.28. The van der Waals surface area contributed by atoms with Crippen molar-refractivity contribution < 1.29 is 17.9 Å². The fourth-order valence-electron chi connectivity index (χ4n) is 2.81. The van der Waals surface area contributed by atoms with Gasteiger partial charge in [-0.1, -0.05) is 29.8 Å². The van der Waals surface area contributed by atoms with E-state index in [0.29, 0.717) is 10.8 Å². The average Bonchev–Trinajstić information content (AvgIpc) is 2.72. The normalized spacial score (nSPS) is 11.0. The molecule has 0 aliphatic carbocycles. The smallest absolute Gasteiger partial charge is 0.262 e. The highest BCUT2D eigenvalue weighted by Gasteiger charge is 2.22. The number of carbonyl (C=O) groups is 1. The predicted molar refractivity (Wildman–Crippen MR) is 115 cm³/mol. The van der Waals surface area contributed by atoms with E-state index in [4.69, 9.17) is 16.3 Å². The van der Waals surface area contributed by atoms with Crippen molar-refractivity contribution in [2.45, 2.75) is 18.4 Å². The molecule has 9 heteroatoms. The van der Waals surface area contributed by atoms with Gasteiger partial charge in [-0.25, -0.2) is 8.42 Å². The third kappa shape index (κ3) is 5.08. The van der Waals surface area contributed by atoms with Crippen molar-refractivity contribution in [1.82, 2.24) is 10.3 Å². The van der Waals surface area contributed by atoms with Gasteiger partial charge in [0.15, 0.2) is 0 Å². The van der Waals surface area contributed by atoms with Crippen LogP contribution < -0.4 is 14.8 Å². The maximum absolute atomic E-state index is 12.9. The Bertz CT molecular complexity index is 1180. The molecule has 0 unspecified atom stereocenters. The Morgan fingerprint density at radius 3 is 2.63 bits per heavy atom. The summed E-state index contributed by atoms with van der Waals surface area (Å²) in [6.07, 6.45) is 2.81. The van der Waals surface area contributed by atoms with E-state index in [2.05, 4.69) is 15.0 Å². The van der Waals surface area contributed by atoms with Gasteiger partial charge in [-0.2, -0.15) is 0 Å². The number of aryl methyl sites for hydroxylation is 1. The van der Waals surface area contributed by atoms with Gasteiger partial charge in [-0.05, 0) is 42.3 Å². The molecule has 3 aromatic rings. The van der Waals surface area contributed by atoms with E-state index in [0.717, 1.165) is 11.1 Å². The van der Waals surface area contributed by atoms with Crippen LogP contribution in [0.15, 0.2) is 65.8 Å². The number of sulfonamides is 1. The molecule has 1 aromatic heterocycles. The van der Waals surface area contributed by atoms with Gasteiger partial charge < -0.3 is 10.1 Å². The largest absolute Gasteiger partial charge is 0.495 e. The second-order valence-corrected chi connectivity index (χ2v) is 8.56. The molecule has 7 nitrogen and oxygen atoms in total. The first kappa shape index (κ1) is 21.6. The van der Waals surface area contributed by atoms with Crippen LogP contribution >= 0.6 is 11.6 Å². The number of nitrogens with zero attached hydrogens (tertiary/aromatic N) is 1. The maximum Gasteiger partial charge on any atom is 0.262 e. The van der Waals surface area contributed by atoms with Crippen LogP contribution in [0.1, 0.15) is 21.5 Å². The number of hydrogen-bond acceptors (Lipinski definition) is 5. The van der Waals surface area contributed by atoms with Crippen LogP contribution in [-0.2, 0) is 16.6 Å². The summed E-state index contributed by atoms with van der Waals surface area (Å²) in [5, 5.41) is 3.37. The lowest BCUT2D eigenvalue weighted by Gasteiger charge is -2.13. The summed E-state index contributed by atoms with van der Waals surface area (Å²) in [6, 6.07) is 12.8. The number of pyridine rings is 1. The minimum atomic E-state index is -4.03. The number of halogens is 1. The summed E-state index contributed by atoms with van der Waals surface area (Å²) in [5.74, 6) is -0.103. The molecule has 0 aliphatic rings. The zero-order valence-electron chi connectivity index (χ0n) is 16.3. The zero-order valence-corrected chi connectivity index (χ0v) is 17.9. The highest BCUT2D eigenvalue weighted by Crippen LogP contribution is 2.22. The molecule has 0 radical (unpaired) electrons. The molecule has 2 aromatic carbocycles. The van der Waals surface area contributed by atoms with Crippen molar-refractivity contribution in [2.75, 3.05) is 11.8 Å². The van der Waals surface area contributed by atoms with Gasteiger partial charge >= 0.3 is 0 Å². The van der Waals surface area contributed by atoms with Gasteiger partial charge in [0, 0.05) is 17.6 Å². The van der Waals surface area contributed by atoms with E-state index < -0.39 is 15.9 Å². The number of rotatable bonds is 7. The summed E-state index contributed by atoms with van der Waals surface area (Å²) < 4.78 is 33.3. The van der Waals surface area contributed by atoms with E-state index >= 15 is 0 Å². The summed E-state index contributed by atoms with van der Waals surface area (Å²) in [5.41, 5.74) is 2.07. The molecule has 30 heavy (non-hydrogen) atoms. The highest BCUT2D eigenvalue weighted by molar-refractivity contribution is 7.92. The van der Waals surface area contributed by atoms with Crippen molar-refractivity contribution in [3.63, 3.8) is 0 Å². The maximum atomic E-state index is 12.9.